The van der Waals surface area contributed by atoms with Gasteiger partial charge in [-0.05, 0) is 42.9 Å². The number of carboxylic acids is 1. The van der Waals surface area contributed by atoms with E-state index in [0.717, 1.165) is 5.56 Å². The number of carbonyl (C=O) groups excluding carboxylic acids is 1. The first-order chi connectivity index (χ1) is 10.1. The summed E-state index contributed by atoms with van der Waals surface area (Å²) in [6.45, 7) is 7.12. The molecular weight excluding hydrogens is 285 g/mol. The SMILES string of the molecule is CC(C)C(NC(=O)c1ccc2c(c1)B(O)OC2(C)C)C(=O)O. The highest BCUT2D eigenvalue weighted by molar-refractivity contribution is 6.62. The molecule has 0 radical (unpaired) electrons. The van der Waals surface area contributed by atoms with Gasteiger partial charge in [-0.1, -0.05) is 19.9 Å². The van der Waals surface area contributed by atoms with Crippen molar-refractivity contribution in [2.24, 2.45) is 5.92 Å². The molecular formula is C15H20BNO5. The summed E-state index contributed by atoms with van der Waals surface area (Å²) in [6.07, 6.45) is 0. The van der Waals surface area contributed by atoms with Crippen molar-refractivity contribution in [3.05, 3.63) is 29.3 Å². The van der Waals surface area contributed by atoms with Gasteiger partial charge in [-0.3, -0.25) is 4.79 Å². The smallest absolute Gasteiger partial charge is 0.480 e. The maximum Gasteiger partial charge on any atom is 0.492 e. The average molecular weight is 305 g/mol. The number of hydrogen-bond acceptors (Lipinski definition) is 4. The zero-order chi connectivity index (χ0) is 16.7. The molecule has 22 heavy (non-hydrogen) atoms. The molecule has 2 rings (SSSR count). The highest BCUT2D eigenvalue weighted by Gasteiger charge is 2.40. The second-order valence-electron chi connectivity index (χ2n) is 6.32. The molecule has 1 aromatic carbocycles. The zero-order valence-electron chi connectivity index (χ0n) is 13.1. The van der Waals surface area contributed by atoms with Gasteiger partial charge in [-0.25, -0.2) is 4.79 Å². The first-order valence-corrected chi connectivity index (χ1v) is 7.17. The molecule has 0 aromatic heterocycles. The first-order valence-electron chi connectivity index (χ1n) is 7.17. The van der Waals surface area contributed by atoms with Crippen molar-refractivity contribution in [3.63, 3.8) is 0 Å². The molecule has 1 unspecified atom stereocenters. The molecule has 0 aliphatic carbocycles. The number of carboxylic acid groups (broad SMARTS) is 1. The van der Waals surface area contributed by atoms with Crippen LogP contribution in [0.1, 0.15) is 43.6 Å². The standard InChI is InChI=1S/C15H20BNO5/c1-8(2)12(14(19)20)17-13(18)9-5-6-10-11(7-9)16(21)22-15(10,3)4/h5-8,12,21H,1-4H3,(H,17,18)(H,19,20). The summed E-state index contributed by atoms with van der Waals surface area (Å²) in [7, 11) is -1.09. The third kappa shape index (κ3) is 3.00. The van der Waals surface area contributed by atoms with Crippen LogP contribution in [0.15, 0.2) is 18.2 Å². The van der Waals surface area contributed by atoms with Crippen LogP contribution < -0.4 is 10.8 Å². The van der Waals surface area contributed by atoms with Crippen molar-refractivity contribution in [2.75, 3.05) is 0 Å². The van der Waals surface area contributed by atoms with Gasteiger partial charge in [0.2, 0.25) is 0 Å². The Kier molecular flexibility index (Phi) is 4.31. The van der Waals surface area contributed by atoms with Gasteiger partial charge in [0.05, 0.1) is 5.60 Å². The first kappa shape index (κ1) is 16.5. The second-order valence-corrected chi connectivity index (χ2v) is 6.32. The number of amides is 1. The summed E-state index contributed by atoms with van der Waals surface area (Å²) in [5.41, 5.74) is 1.03. The Balaban J connectivity index is 2.26. The third-order valence-electron chi connectivity index (χ3n) is 3.85. The molecule has 0 bridgehead atoms. The van der Waals surface area contributed by atoms with E-state index in [4.69, 9.17) is 9.76 Å². The Morgan fingerprint density at radius 2 is 1.95 bits per heavy atom. The molecule has 3 N–H and O–H groups in total. The average Bonchev–Trinajstić information content (AvgIpc) is 2.64. The minimum absolute atomic E-state index is 0.233. The number of rotatable bonds is 4. The van der Waals surface area contributed by atoms with Gasteiger partial charge in [-0.15, -0.1) is 0 Å². The quantitative estimate of drug-likeness (QED) is 0.703. The van der Waals surface area contributed by atoms with Crippen LogP contribution in [0.2, 0.25) is 0 Å². The van der Waals surface area contributed by atoms with E-state index < -0.39 is 30.6 Å². The molecule has 118 valence electrons. The third-order valence-corrected chi connectivity index (χ3v) is 3.85. The van der Waals surface area contributed by atoms with E-state index in [0.29, 0.717) is 11.0 Å². The van der Waals surface area contributed by atoms with Crippen LogP contribution in [0.5, 0.6) is 0 Å². The van der Waals surface area contributed by atoms with E-state index in [-0.39, 0.29) is 5.92 Å². The topological polar surface area (TPSA) is 95.9 Å². The summed E-state index contributed by atoms with van der Waals surface area (Å²) in [4.78, 5) is 23.4. The number of hydrogen-bond donors (Lipinski definition) is 3. The fourth-order valence-corrected chi connectivity index (χ4v) is 2.60. The van der Waals surface area contributed by atoms with Crippen molar-refractivity contribution in [1.82, 2.24) is 5.32 Å². The highest BCUT2D eigenvalue weighted by atomic mass is 16.5. The molecule has 1 aliphatic heterocycles. The predicted octanol–water partition coefficient (Wildman–Crippen LogP) is 0.478. The van der Waals surface area contributed by atoms with Crippen LogP contribution in [-0.2, 0) is 15.0 Å². The van der Waals surface area contributed by atoms with Gasteiger partial charge in [0.15, 0.2) is 0 Å². The number of benzene rings is 1. The van der Waals surface area contributed by atoms with Gasteiger partial charge in [-0.2, -0.15) is 0 Å². The lowest BCUT2D eigenvalue weighted by molar-refractivity contribution is -0.140. The summed E-state index contributed by atoms with van der Waals surface area (Å²) in [5.74, 6) is -1.79. The fourth-order valence-electron chi connectivity index (χ4n) is 2.60. The number of carbonyl (C=O) groups is 2. The van der Waals surface area contributed by atoms with E-state index in [1.54, 1.807) is 32.0 Å². The fraction of sp³-hybridized carbons (Fsp3) is 0.467. The lowest BCUT2D eigenvalue weighted by Gasteiger charge is -2.20. The van der Waals surface area contributed by atoms with Crippen LogP contribution in [0.3, 0.4) is 0 Å². The van der Waals surface area contributed by atoms with Crippen molar-refractivity contribution in [1.29, 1.82) is 0 Å². The van der Waals surface area contributed by atoms with Gasteiger partial charge in [0.25, 0.3) is 5.91 Å². The second kappa shape index (κ2) is 5.74. The molecule has 7 heteroatoms. The molecule has 0 spiro atoms. The van der Waals surface area contributed by atoms with Crippen LogP contribution >= 0.6 is 0 Å². The predicted molar refractivity (Wildman–Crippen MR) is 81.9 cm³/mol. The van der Waals surface area contributed by atoms with Crippen molar-refractivity contribution in [2.45, 2.75) is 39.3 Å². The van der Waals surface area contributed by atoms with Crippen LogP contribution in [0.4, 0.5) is 0 Å². The Morgan fingerprint density at radius 1 is 1.32 bits per heavy atom. The summed E-state index contributed by atoms with van der Waals surface area (Å²) >= 11 is 0. The molecule has 0 saturated heterocycles. The zero-order valence-corrected chi connectivity index (χ0v) is 13.1. The Bertz CT molecular complexity index is 614. The Morgan fingerprint density at radius 3 is 2.50 bits per heavy atom. The molecule has 0 saturated carbocycles. The maximum absolute atomic E-state index is 12.2. The minimum Gasteiger partial charge on any atom is -0.480 e. The summed E-state index contributed by atoms with van der Waals surface area (Å²) in [5, 5.41) is 21.6. The molecule has 1 heterocycles. The molecule has 1 amide bonds. The molecule has 0 fully saturated rings. The van der Waals surface area contributed by atoms with E-state index in [2.05, 4.69) is 5.32 Å². The molecule has 1 aliphatic rings. The van der Waals surface area contributed by atoms with Crippen LogP contribution in [0, 0.1) is 5.92 Å². The number of nitrogens with one attached hydrogen (secondary N) is 1. The van der Waals surface area contributed by atoms with Crippen LogP contribution in [-0.4, -0.2) is 35.2 Å². The van der Waals surface area contributed by atoms with Gasteiger partial charge in [0.1, 0.15) is 6.04 Å². The van der Waals surface area contributed by atoms with Crippen molar-refractivity contribution >= 4 is 24.5 Å². The van der Waals surface area contributed by atoms with Gasteiger partial charge < -0.3 is 20.1 Å². The lowest BCUT2D eigenvalue weighted by Crippen LogP contribution is -2.44. The van der Waals surface area contributed by atoms with Crippen LogP contribution in [0.25, 0.3) is 0 Å². The highest BCUT2D eigenvalue weighted by Crippen LogP contribution is 2.29. The maximum atomic E-state index is 12.2. The summed E-state index contributed by atoms with van der Waals surface area (Å²) < 4.78 is 5.44. The van der Waals surface area contributed by atoms with Gasteiger partial charge in [0, 0.05) is 5.56 Å². The Labute approximate surface area is 129 Å². The normalized spacial score (nSPS) is 17.3. The van der Waals surface area contributed by atoms with E-state index in [1.807, 2.05) is 13.8 Å². The largest absolute Gasteiger partial charge is 0.492 e. The van der Waals surface area contributed by atoms with Crippen molar-refractivity contribution < 1.29 is 24.4 Å². The molecule has 6 nitrogen and oxygen atoms in total. The minimum atomic E-state index is -1.09. The van der Waals surface area contributed by atoms with E-state index in [1.165, 1.54) is 0 Å². The summed E-state index contributed by atoms with van der Waals surface area (Å²) in [6, 6.07) is 3.92. The van der Waals surface area contributed by atoms with E-state index >= 15 is 0 Å². The van der Waals surface area contributed by atoms with Crippen molar-refractivity contribution in [3.8, 4) is 0 Å². The molecule has 1 aromatic rings. The Hall–Kier alpha value is -1.86. The lowest BCUT2D eigenvalue weighted by atomic mass is 9.77. The van der Waals surface area contributed by atoms with Gasteiger partial charge >= 0.3 is 13.1 Å². The number of fused-ring (bicyclic) bond motifs is 1. The number of aliphatic carboxylic acids is 1. The molecule has 1 atom stereocenters. The monoisotopic (exact) mass is 305 g/mol. The van der Waals surface area contributed by atoms with E-state index in [9.17, 15) is 14.6 Å².